The lowest BCUT2D eigenvalue weighted by Crippen LogP contribution is -2.44. The molecule has 0 fully saturated rings. The highest BCUT2D eigenvalue weighted by Crippen LogP contribution is 2.38. The van der Waals surface area contributed by atoms with Crippen molar-refractivity contribution in [3.8, 4) is 0 Å². The molecule has 0 bridgehead atoms. The van der Waals surface area contributed by atoms with Crippen molar-refractivity contribution in [2.24, 2.45) is 75.8 Å². The molecular formula is C86H146O56. The van der Waals surface area contributed by atoms with Crippen LogP contribution in [0.15, 0.2) is 0 Å². The second-order valence-corrected chi connectivity index (χ2v) is 34.8. The molecule has 0 aliphatic heterocycles. The molecule has 0 saturated heterocycles. The van der Waals surface area contributed by atoms with Gasteiger partial charge in [-0.25, -0.2) is 127 Å². The molecule has 0 amide bonds. The Morgan fingerprint density at radius 3 is 0.204 bits per heavy atom. The molecule has 56 heteroatoms. The van der Waals surface area contributed by atoms with Gasteiger partial charge in [0.2, 0.25) is 0 Å². The van der Waals surface area contributed by atoms with Crippen molar-refractivity contribution in [2.75, 3.05) is 199 Å². The van der Waals surface area contributed by atoms with Crippen LogP contribution in [0.3, 0.4) is 0 Å². The summed E-state index contributed by atoms with van der Waals surface area (Å²) in [5.41, 5.74) is -27.0. The van der Waals surface area contributed by atoms with E-state index in [-0.39, 0.29) is 103 Å². The second kappa shape index (κ2) is 65.1. The third kappa shape index (κ3) is 38.1. The zero-order valence-corrected chi connectivity index (χ0v) is 83.1. The predicted octanol–water partition coefficient (Wildman–Crippen LogP) is 6.34. The molecule has 0 aliphatic carbocycles. The molecule has 0 saturated carbocycles. The molecule has 0 rings (SSSR count). The Morgan fingerprint density at radius 1 is 0.120 bits per heavy atom. The summed E-state index contributed by atoms with van der Waals surface area (Å²) in [7, 11) is 2.57. The monoisotopic (exact) mass is 2070 g/mol. The Labute approximate surface area is 817 Å². The summed E-state index contributed by atoms with van der Waals surface area (Å²) < 4.78 is 10.0. The van der Waals surface area contributed by atoms with Crippen molar-refractivity contribution in [3.63, 3.8) is 0 Å². The second-order valence-electron chi connectivity index (χ2n) is 34.8. The largest absolute Gasteiger partial charge is 0.481 e. The average molecular weight is 2080 g/mol. The number of hydrogen-bond acceptors (Lipinski definition) is 42. The van der Waals surface area contributed by atoms with Gasteiger partial charge in [-0.2, -0.15) is 0 Å². The van der Waals surface area contributed by atoms with Crippen LogP contribution in [-0.4, -0.2) is 354 Å². The maximum absolute atomic E-state index is 12.8. The Bertz CT molecular complexity index is 3500. The van der Waals surface area contributed by atoms with E-state index >= 15 is 0 Å². The minimum atomic E-state index is -2.06. The third-order valence-corrected chi connectivity index (χ3v) is 26.5. The average Bonchev–Trinajstić information content (AvgIpc) is 0.823. The van der Waals surface area contributed by atoms with E-state index in [0.717, 1.165) is 0 Å². The van der Waals surface area contributed by atoms with Crippen molar-refractivity contribution in [3.05, 3.63) is 0 Å². The molecular weight excluding hydrogens is 1930 g/mol. The van der Waals surface area contributed by atoms with Gasteiger partial charge in [-0.1, -0.05) is 96.9 Å². The van der Waals surface area contributed by atoms with Crippen LogP contribution >= 0.6 is 0 Å². The van der Waals surface area contributed by atoms with E-state index in [4.69, 9.17) is 137 Å². The van der Waals surface area contributed by atoms with Crippen LogP contribution < -0.4 is 0 Å². The van der Waals surface area contributed by atoms with Gasteiger partial charge in [0.05, 0.1) is 13.2 Å². The van der Waals surface area contributed by atoms with E-state index in [1.807, 2.05) is 0 Å². The number of carboxylic acids is 14. The normalized spacial score (nSPS) is 17.9. The maximum atomic E-state index is 12.8. The van der Waals surface area contributed by atoms with Crippen LogP contribution in [0.2, 0.25) is 0 Å². The van der Waals surface area contributed by atoms with Crippen LogP contribution in [0.4, 0.5) is 0 Å². The van der Waals surface area contributed by atoms with Crippen LogP contribution in [-0.2, 0) is 204 Å². The Morgan fingerprint density at radius 2 is 0.169 bits per heavy atom. The van der Waals surface area contributed by atoms with Crippen molar-refractivity contribution >= 4 is 83.6 Å². The lowest BCUT2D eigenvalue weighted by Gasteiger charge is -2.31. The maximum Gasteiger partial charge on any atom is 0.314 e. The summed E-state index contributed by atoms with van der Waals surface area (Å²) in [6.07, 6.45) is -2.85. The molecule has 0 aliphatic rings. The molecule has 826 valence electrons. The molecule has 0 heterocycles. The summed E-state index contributed by atoms with van der Waals surface area (Å²) >= 11 is 0. The van der Waals surface area contributed by atoms with Crippen molar-refractivity contribution < 1.29 is 275 Å². The molecule has 14 atom stereocenters. The van der Waals surface area contributed by atoms with Crippen molar-refractivity contribution in [2.45, 2.75) is 187 Å². The zero-order valence-electron chi connectivity index (χ0n) is 83.1. The molecule has 0 aromatic heterocycles. The van der Waals surface area contributed by atoms with Gasteiger partial charge >= 0.3 is 83.6 Å². The summed E-state index contributed by atoms with van der Waals surface area (Å²) in [5.74, 6) is -20.9. The van der Waals surface area contributed by atoms with E-state index in [1.54, 1.807) is 13.8 Å². The van der Waals surface area contributed by atoms with Crippen LogP contribution in [0.5, 0.6) is 0 Å². The number of carbonyl (C=O) groups is 14. The van der Waals surface area contributed by atoms with Crippen LogP contribution in [0.25, 0.3) is 0 Å². The van der Waals surface area contributed by atoms with Crippen LogP contribution in [0, 0.1) is 75.8 Å². The number of carboxylic acid groups (broad SMARTS) is 14. The summed E-state index contributed by atoms with van der Waals surface area (Å²) in [4.78, 5) is 312. The van der Waals surface area contributed by atoms with E-state index in [0.29, 0.717) is 0 Å². The van der Waals surface area contributed by atoms with Crippen molar-refractivity contribution in [1.82, 2.24) is 0 Å². The van der Waals surface area contributed by atoms with Crippen LogP contribution in [0.1, 0.15) is 187 Å². The van der Waals surface area contributed by atoms with Gasteiger partial charge in [0, 0.05) is 14.2 Å². The fourth-order valence-corrected chi connectivity index (χ4v) is 11.9. The standard InChI is InChI=1S/C86H146O56/c1-17-73(31-115-15,59(87)88)33-117-119-35-75(19-3,61(91)92)37-121-123-39-77(21-5,63(95)96)41-125-127-43-79(23-7,65(99)100)45-129-131-47-81(25-9,67(103)104)49-133-135-51-83(27-11,69(107)108)53-137-139-55-85(29-13,71(111)112)57-141-142-58-86(30-14,72(113)114)56-140-138-54-84(28-12,70(109)110)52-136-134-50-82(26-10,68(105)106)48-132-130-46-80(24-8,66(101)102)44-128-126-42-78(22-6,64(97)98)40-124-122-38-76(20-4,62(93)94)36-120-118-34-74(18-2,32-116-16)60(89)90/h17-58H2,1-16H3,(H,87,88)(H,89,90)(H,91,92)(H,93,94)(H,95,96)(H,97,98)(H,99,100)(H,101,102)(H,103,104)(H,105,106)(H,107,108)(H,109,110)(H,111,112)(H,113,114). The minimum Gasteiger partial charge on any atom is -0.481 e. The first-order valence-corrected chi connectivity index (χ1v) is 45.3. The third-order valence-electron chi connectivity index (χ3n) is 26.5. The van der Waals surface area contributed by atoms with E-state index < -0.39 is 331 Å². The molecule has 142 heavy (non-hydrogen) atoms. The molecule has 0 aromatic rings. The fraction of sp³-hybridized carbons (Fsp3) is 0.837. The van der Waals surface area contributed by atoms with Gasteiger partial charge in [-0.05, 0) is 89.9 Å². The SMILES string of the molecule is CCC(COC)(COOCC(CC)(COOCC(CC)(COOCC(CC)(COOCC(CC)(COOCC(CC)(COOCC(CC)(COOCC(CC)(COOCC(CC)(COOCC(CC)(COOCC(CC)(COOCC(CC)(COOCC(CC)(COOCC(CC)(COC)C(=O)O)C(=O)O)C(=O)O)C(=O)O)C(=O)O)C(=O)O)C(=O)O)C(=O)O)C(=O)O)C(=O)O)C(=O)O)C(=O)O)C(=O)O)C(=O)O. The number of aliphatic carboxylic acids is 14. The van der Waals surface area contributed by atoms with Crippen molar-refractivity contribution in [1.29, 1.82) is 0 Å². The van der Waals surface area contributed by atoms with Gasteiger partial charge in [-0.15, -0.1) is 0 Å². The van der Waals surface area contributed by atoms with Gasteiger partial charge < -0.3 is 81.0 Å². The van der Waals surface area contributed by atoms with E-state index in [9.17, 15) is 139 Å². The van der Waals surface area contributed by atoms with Gasteiger partial charge in [0.15, 0.2) is 0 Å². The molecule has 0 radical (unpaired) electrons. The lowest BCUT2D eigenvalue weighted by atomic mass is 9.87. The molecule has 14 unspecified atom stereocenters. The topological polar surface area (TPSA) is 781 Å². The highest BCUT2D eigenvalue weighted by molar-refractivity contribution is 5.80. The van der Waals surface area contributed by atoms with E-state index in [2.05, 4.69) is 0 Å². The summed E-state index contributed by atoms with van der Waals surface area (Å²) in [6, 6.07) is 0. The van der Waals surface area contributed by atoms with E-state index in [1.165, 1.54) is 97.3 Å². The summed E-state index contributed by atoms with van der Waals surface area (Å²) in [5, 5.41) is 143. The Kier molecular flexibility index (Phi) is 61.2. The van der Waals surface area contributed by atoms with Gasteiger partial charge in [-0.3, -0.25) is 67.1 Å². The smallest absolute Gasteiger partial charge is 0.314 e. The minimum absolute atomic E-state index is 0.0690. The molecule has 0 spiro atoms. The number of ether oxygens (including phenoxy) is 2. The quantitative estimate of drug-likeness (QED) is 0.0179. The highest BCUT2D eigenvalue weighted by atomic mass is 17.2. The first-order valence-electron chi connectivity index (χ1n) is 45.3. The number of methoxy groups -OCH3 is 2. The first-order chi connectivity index (χ1) is 66.9. The Hall–Kier alpha value is -8.54. The highest BCUT2D eigenvalue weighted by Gasteiger charge is 2.52. The predicted molar refractivity (Wildman–Crippen MR) is 464 cm³/mol. The van der Waals surface area contributed by atoms with Gasteiger partial charge in [0.1, 0.15) is 248 Å². The Balaban J connectivity index is 5.89. The zero-order chi connectivity index (χ0) is 109. The fourth-order valence-electron chi connectivity index (χ4n) is 11.9. The first kappa shape index (κ1) is 133. The number of hydrogen-bond donors (Lipinski definition) is 14. The molecule has 14 N–H and O–H groups in total. The summed E-state index contributed by atoms with van der Waals surface area (Å²) in [6.45, 7) is -1.10. The van der Waals surface area contributed by atoms with Gasteiger partial charge in [0.25, 0.3) is 0 Å². The molecule has 0 aromatic carbocycles. The lowest BCUT2D eigenvalue weighted by molar-refractivity contribution is -0.373. The number of rotatable bonds is 97. The molecule has 56 nitrogen and oxygen atoms in total.